The maximum absolute atomic E-state index is 12.8. The van der Waals surface area contributed by atoms with Crippen LogP contribution in [0.2, 0.25) is 0 Å². The van der Waals surface area contributed by atoms with Crippen LogP contribution in [0, 0.1) is 11.3 Å². The van der Waals surface area contributed by atoms with Gasteiger partial charge in [0.05, 0.1) is 0 Å². The first-order valence-electron chi connectivity index (χ1n) is 8.49. The molecule has 2 fully saturated rings. The van der Waals surface area contributed by atoms with E-state index in [-0.39, 0.29) is 23.2 Å². The van der Waals surface area contributed by atoms with Crippen molar-refractivity contribution in [3.63, 3.8) is 0 Å². The fraction of sp³-hybridized carbons (Fsp3) is 0.500. The minimum absolute atomic E-state index is 0.0446. The number of nitrogens with zero attached hydrogens (tertiary/aromatic N) is 3. The molecule has 0 bridgehead atoms. The highest BCUT2D eigenvalue weighted by Crippen LogP contribution is 2.50. The van der Waals surface area contributed by atoms with E-state index in [1.807, 2.05) is 4.90 Å². The van der Waals surface area contributed by atoms with Gasteiger partial charge >= 0.3 is 12.1 Å². The average Bonchev–Trinajstić information content (AvgIpc) is 3.23. The van der Waals surface area contributed by atoms with Crippen molar-refractivity contribution in [2.24, 2.45) is 11.3 Å². The summed E-state index contributed by atoms with van der Waals surface area (Å²) in [5.41, 5.74) is 1.01. The first-order chi connectivity index (χ1) is 12.2. The normalized spacial score (nSPS) is 22.2. The maximum Gasteiger partial charge on any atom is 0.471 e. The van der Waals surface area contributed by atoms with Gasteiger partial charge in [-0.05, 0) is 30.9 Å². The summed E-state index contributed by atoms with van der Waals surface area (Å²) < 4.78 is 41.9. The van der Waals surface area contributed by atoms with Gasteiger partial charge in [0.1, 0.15) is 0 Å². The van der Waals surface area contributed by atoms with Crippen molar-refractivity contribution in [1.29, 1.82) is 0 Å². The van der Waals surface area contributed by atoms with Crippen molar-refractivity contribution >= 4 is 5.91 Å². The third-order valence-corrected chi connectivity index (χ3v) is 5.10. The highest BCUT2D eigenvalue weighted by molar-refractivity contribution is 5.95. The van der Waals surface area contributed by atoms with Crippen LogP contribution in [0.5, 0.6) is 0 Å². The van der Waals surface area contributed by atoms with E-state index in [0.717, 1.165) is 12.8 Å². The summed E-state index contributed by atoms with van der Waals surface area (Å²) in [6.45, 7) is 5.07. The van der Waals surface area contributed by atoms with Crippen molar-refractivity contribution in [3.05, 3.63) is 35.7 Å². The molecule has 2 heterocycles. The predicted molar refractivity (Wildman–Crippen MR) is 86.1 cm³/mol. The number of alkyl halides is 3. The third kappa shape index (κ3) is 2.87. The van der Waals surface area contributed by atoms with E-state index >= 15 is 0 Å². The molecule has 26 heavy (non-hydrogen) atoms. The number of carbonyl (C=O) groups excluding carboxylic acids is 1. The highest BCUT2D eigenvalue weighted by Gasteiger charge is 2.54. The van der Waals surface area contributed by atoms with Crippen LogP contribution in [0.4, 0.5) is 13.2 Å². The molecule has 2 aromatic rings. The summed E-state index contributed by atoms with van der Waals surface area (Å²) in [7, 11) is 0. The number of rotatable bonds is 3. The predicted octanol–water partition coefficient (Wildman–Crippen LogP) is 4.02. The summed E-state index contributed by atoms with van der Waals surface area (Å²) >= 11 is 0. The molecule has 1 saturated heterocycles. The Labute approximate surface area is 148 Å². The number of aromatic nitrogens is 2. The minimum atomic E-state index is -4.68. The Balaban J connectivity index is 1.51. The zero-order chi connectivity index (χ0) is 18.7. The maximum atomic E-state index is 12.8. The van der Waals surface area contributed by atoms with Crippen LogP contribution in [-0.4, -0.2) is 33.5 Å². The summed E-state index contributed by atoms with van der Waals surface area (Å²) in [4.78, 5) is 18.0. The molecule has 0 N–H and O–H groups in total. The smallest absolute Gasteiger partial charge is 0.334 e. The molecule has 8 heteroatoms. The number of likely N-dealkylation sites (tertiary alicyclic amines) is 1. The molecule has 1 atom stereocenters. The molecule has 1 aliphatic heterocycles. The summed E-state index contributed by atoms with van der Waals surface area (Å²) in [6, 6.07) is 6.53. The lowest BCUT2D eigenvalue weighted by atomic mass is 9.72. The monoisotopic (exact) mass is 365 g/mol. The van der Waals surface area contributed by atoms with E-state index in [2.05, 4.69) is 28.5 Å². The van der Waals surface area contributed by atoms with E-state index in [0.29, 0.717) is 23.6 Å². The number of hydrogen-bond donors (Lipinski definition) is 0. The van der Waals surface area contributed by atoms with Gasteiger partial charge < -0.3 is 9.42 Å². The van der Waals surface area contributed by atoms with Gasteiger partial charge in [0.2, 0.25) is 5.82 Å². The number of halogens is 3. The van der Waals surface area contributed by atoms with E-state index in [4.69, 9.17) is 0 Å². The number of amides is 1. The second-order valence-corrected chi connectivity index (χ2v) is 7.70. The Morgan fingerprint density at radius 2 is 1.88 bits per heavy atom. The first kappa shape index (κ1) is 17.1. The molecule has 4 rings (SSSR count). The zero-order valence-corrected chi connectivity index (χ0v) is 14.4. The topological polar surface area (TPSA) is 59.2 Å². The van der Waals surface area contributed by atoms with Crippen LogP contribution >= 0.6 is 0 Å². The second kappa shape index (κ2) is 5.56. The lowest BCUT2D eigenvalue weighted by molar-refractivity contribution is -0.159. The molecule has 1 saturated carbocycles. The quantitative estimate of drug-likeness (QED) is 0.824. The van der Waals surface area contributed by atoms with Gasteiger partial charge in [-0.1, -0.05) is 31.1 Å². The Bertz CT molecular complexity index is 838. The average molecular weight is 365 g/mol. The van der Waals surface area contributed by atoms with Gasteiger partial charge in [-0.15, -0.1) is 0 Å². The minimum Gasteiger partial charge on any atom is -0.334 e. The summed E-state index contributed by atoms with van der Waals surface area (Å²) in [5, 5.41) is 3.35. The van der Waals surface area contributed by atoms with Gasteiger partial charge in [-0.3, -0.25) is 4.79 Å². The molecule has 1 aliphatic carbocycles. The lowest BCUT2D eigenvalue weighted by Crippen LogP contribution is -2.64. The van der Waals surface area contributed by atoms with Gasteiger partial charge in [0, 0.05) is 29.1 Å². The molecule has 1 unspecified atom stereocenters. The zero-order valence-electron chi connectivity index (χ0n) is 14.4. The van der Waals surface area contributed by atoms with Crippen molar-refractivity contribution in [2.45, 2.75) is 38.9 Å². The standard InChI is InChI=1S/C18H18F3N3O2/c1-17(2)9-24(13(17)10-3-4-10)15(25)12-7-5-11(6-8-12)14-22-16(26-23-14)18(19,20)21/h5-8,10,13H,3-4,9H2,1-2H3. The number of hydrogen-bond acceptors (Lipinski definition) is 4. The molecule has 0 radical (unpaired) electrons. The second-order valence-electron chi connectivity index (χ2n) is 7.70. The summed E-state index contributed by atoms with van der Waals surface area (Å²) in [5.74, 6) is -1.00. The molecule has 1 amide bonds. The van der Waals surface area contributed by atoms with Crippen LogP contribution in [-0.2, 0) is 6.18 Å². The molecular weight excluding hydrogens is 347 g/mol. The molecule has 1 aromatic heterocycles. The van der Waals surface area contributed by atoms with Gasteiger partial charge in [0.25, 0.3) is 5.91 Å². The van der Waals surface area contributed by atoms with Gasteiger partial charge in [0.15, 0.2) is 0 Å². The van der Waals surface area contributed by atoms with Crippen LogP contribution in [0.25, 0.3) is 11.4 Å². The fourth-order valence-corrected chi connectivity index (χ4v) is 3.83. The van der Waals surface area contributed by atoms with Crippen molar-refractivity contribution in [2.75, 3.05) is 6.54 Å². The van der Waals surface area contributed by atoms with Crippen LogP contribution in [0.1, 0.15) is 42.9 Å². The molecular formula is C18H18F3N3O2. The van der Waals surface area contributed by atoms with Gasteiger partial charge in [-0.2, -0.15) is 18.2 Å². The first-order valence-corrected chi connectivity index (χ1v) is 8.49. The Hall–Kier alpha value is -2.38. The van der Waals surface area contributed by atoms with E-state index in [1.54, 1.807) is 12.1 Å². The van der Waals surface area contributed by atoms with Crippen molar-refractivity contribution < 1.29 is 22.5 Å². The SMILES string of the molecule is CC1(C)CN(C(=O)c2ccc(-c3noc(C(F)(F)F)n3)cc2)C1C1CC1. The van der Waals surface area contributed by atoms with E-state index in [9.17, 15) is 18.0 Å². The van der Waals surface area contributed by atoms with Crippen LogP contribution in [0.15, 0.2) is 28.8 Å². The van der Waals surface area contributed by atoms with E-state index in [1.165, 1.54) is 12.1 Å². The van der Waals surface area contributed by atoms with Crippen LogP contribution in [0.3, 0.4) is 0 Å². The van der Waals surface area contributed by atoms with Crippen molar-refractivity contribution in [3.8, 4) is 11.4 Å². The highest BCUT2D eigenvalue weighted by atomic mass is 19.4. The number of benzene rings is 1. The van der Waals surface area contributed by atoms with Crippen molar-refractivity contribution in [1.82, 2.24) is 15.0 Å². The molecule has 2 aliphatic rings. The lowest BCUT2D eigenvalue weighted by Gasteiger charge is -2.55. The Kier molecular flexibility index (Phi) is 3.65. The Morgan fingerprint density at radius 1 is 1.23 bits per heavy atom. The molecule has 138 valence electrons. The molecule has 0 spiro atoms. The molecule has 5 nitrogen and oxygen atoms in total. The Morgan fingerprint density at radius 3 is 2.38 bits per heavy atom. The summed E-state index contributed by atoms with van der Waals surface area (Å²) in [6.07, 6.45) is -2.35. The van der Waals surface area contributed by atoms with E-state index < -0.39 is 12.1 Å². The largest absolute Gasteiger partial charge is 0.471 e. The molecule has 1 aromatic carbocycles. The third-order valence-electron chi connectivity index (χ3n) is 5.10. The van der Waals surface area contributed by atoms with Gasteiger partial charge in [-0.25, -0.2) is 0 Å². The van der Waals surface area contributed by atoms with Crippen LogP contribution < -0.4 is 0 Å². The fourth-order valence-electron chi connectivity index (χ4n) is 3.83. The number of carbonyl (C=O) groups is 1.